The highest BCUT2D eigenvalue weighted by molar-refractivity contribution is 5.85. The van der Waals surface area contributed by atoms with E-state index in [2.05, 4.69) is 11.9 Å². The molecule has 5 nitrogen and oxygen atoms in total. The second-order valence-corrected chi connectivity index (χ2v) is 5.63. The van der Waals surface area contributed by atoms with Gasteiger partial charge in [-0.2, -0.15) is 0 Å². The summed E-state index contributed by atoms with van der Waals surface area (Å²) >= 11 is 0. The molecule has 0 aromatic heterocycles. The number of piperidine rings is 1. The van der Waals surface area contributed by atoms with Crippen molar-refractivity contribution in [3.05, 3.63) is 12.7 Å². The number of hydrogen-bond acceptors (Lipinski definition) is 3. The van der Waals surface area contributed by atoms with Crippen molar-refractivity contribution < 1.29 is 14.7 Å². The number of hydrogen-bond donors (Lipinski definition) is 2. The van der Waals surface area contributed by atoms with Gasteiger partial charge in [0, 0.05) is 12.0 Å². The zero-order valence-corrected chi connectivity index (χ0v) is 11.8. The number of carbonyl (C=O) groups excluding carboxylic acids is 1. The lowest BCUT2D eigenvalue weighted by Crippen LogP contribution is -2.50. The minimum atomic E-state index is -0.993. The number of aliphatic carboxylic acids is 1. The predicted octanol–water partition coefficient (Wildman–Crippen LogP) is 1.11. The Kier molecular flexibility index (Phi) is 5.54. The first-order valence-electron chi connectivity index (χ1n) is 6.72. The van der Waals surface area contributed by atoms with E-state index in [9.17, 15) is 9.59 Å². The SMILES string of the molecule is C=CCN(CC(=O)O)C(=O)C(C)(C)C1CCCNC1. The Hall–Kier alpha value is -1.36. The maximum Gasteiger partial charge on any atom is 0.323 e. The summed E-state index contributed by atoms with van der Waals surface area (Å²) in [6, 6.07) is 0. The van der Waals surface area contributed by atoms with E-state index in [1.165, 1.54) is 4.90 Å². The number of rotatable bonds is 6. The second-order valence-electron chi connectivity index (χ2n) is 5.63. The van der Waals surface area contributed by atoms with Gasteiger partial charge in [-0.25, -0.2) is 0 Å². The standard InChI is InChI=1S/C14H24N2O3/c1-4-8-16(10-12(17)18)13(19)14(2,3)11-6-5-7-15-9-11/h4,11,15H,1,5-10H2,2-3H3,(H,17,18). The molecule has 19 heavy (non-hydrogen) atoms. The van der Waals surface area contributed by atoms with Gasteiger partial charge < -0.3 is 15.3 Å². The van der Waals surface area contributed by atoms with E-state index >= 15 is 0 Å². The molecule has 0 radical (unpaired) electrons. The van der Waals surface area contributed by atoms with Gasteiger partial charge in [-0.3, -0.25) is 9.59 Å². The van der Waals surface area contributed by atoms with Gasteiger partial charge in [-0.15, -0.1) is 6.58 Å². The van der Waals surface area contributed by atoms with Crippen molar-refractivity contribution in [3.8, 4) is 0 Å². The molecular weight excluding hydrogens is 244 g/mol. The molecule has 1 atom stereocenters. The van der Waals surface area contributed by atoms with Crippen molar-refractivity contribution in [2.45, 2.75) is 26.7 Å². The van der Waals surface area contributed by atoms with E-state index in [1.807, 2.05) is 13.8 Å². The minimum Gasteiger partial charge on any atom is -0.480 e. The molecule has 1 unspecified atom stereocenters. The van der Waals surface area contributed by atoms with Crippen molar-refractivity contribution in [2.24, 2.45) is 11.3 Å². The highest BCUT2D eigenvalue weighted by atomic mass is 16.4. The van der Waals surface area contributed by atoms with Crippen LogP contribution in [-0.2, 0) is 9.59 Å². The van der Waals surface area contributed by atoms with E-state index in [-0.39, 0.29) is 24.9 Å². The molecule has 0 saturated carbocycles. The van der Waals surface area contributed by atoms with Crippen LogP contribution in [0.4, 0.5) is 0 Å². The van der Waals surface area contributed by atoms with Crippen LogP contribution in [0.15, 0.2) is 12.7 Å². The summed E-state index contributed by atoms with van der Waals surface area (Å²) in [6.45, 7) is 9.21. The van der Waals surface area contributed by atoms with Crippen LogP contribution in [0.5, 0.6) is 0 Å². The van der Waals surface area contributed by atoms with Gasteiger partial charge in [-0.05, 0) is 31.8 Å². The summed E-state index contributed by atoms with van der Waals surface area (Å²) in [6.07, 6.45) is 3.62. The smallest absolute Gasteiger partial charge is 0.323 e. The van der Waals surface area contributed by atoms with Crippen LogP contribution in [0, 0.1) is 11.3 Å². The number of amides is 1. The Morgan fingerprint density at radius 1 is 1.53 bits per heavy atom. The molecule has 5 heteroatoms. The van der Waals surface area contributed by atoms with Crippen LogP contribution in [0.2, 0.25) is 0 Å². The lowest BCUT2D eigenvalue weighted by molar-refractivity contribution is -0.150. The summed E-state index contributed by atoms with van der Waals surface area (Å²) in [4.78, 5) is 24.8. The molecule has 1 aliphatic rings. The molecule has 1 heterocycles. The number of nitrogens with one attached hydrogen (secondary N) is 1. The molecule has 0 aromatic rings. The van der Waals surface area contributed by atoms with Gasteiger partial charge >= 0.3 is 5.97 Å². The Bertz CT molecular complexity index is 347. The van der Waals surface area contributed by atoms with Crippen LogP contribution in [0.3, 0.4) is 0 Å². The Labute approximate surface area is 114 Å². The van der Waals surface area contributed by atoms with Gasteiger partial charge in [0.15, 0.2) is 0 Å². The summed E-state index contributed by atoms with van der Waals surface area (Å²) in [7, 11) is 0. The molecule has 0 spiro atoms. The summed E-state index contributed by atoms with van der Waals surface area (Å²) < 4.78 is 0. The van der Waals surface area contributed by atoms with Gasteiger partial charge in [0.05, 0.1) is 0 Å². The molecule has 0 aliphatic carbocycles. The zero-order valence-electron chi connectivity index (χ0n) is 11.8. The first-order chi connectivity index (χ1) is 8.89. The molecule has 108 valence electrons. The molecule has 1 fully saturated rings. The van der Waals surface area contributed by atoms with Crippen molar-refractivity contribution in [2.75, 3.05) is 26.2 Å². The third-order valence-electron chi connectivity index (χ3n) is 3.83. The highest BCUT2D eigenvalue weighted by Crippen LogP contribution is 2.33. The van der Waals surface area contributed by atoms with Crippen molar-refractivity contribution in [1.82, 2.24) is 10.2 Å². The molecule has 0 aromatic carbocycles. The quantitative estimate of drug-likeness (QED) is 0.708. The molecule has 1 saturated heterocycles. The molecular formula is C14H24N2O3. The summed E-state index contributed by atoms with van der Waals surface area (Å²) in [5.41, 5.74) is -0.550. The predicted molar refractivity (Wildman–Crippen MR) is 73.8 cm³/mol. The average molecular weight is 268 g/mol. The minimum absolute atomic E-state index is 0.108. The number of carboxylic acids is 1. The van der Waals surface area contributed by atoms with Crippen molar-refractivity contribution >= 4 is 11.9 Å². The summed E-state index contributed by atoms with van der Waals surface area (Å²) in [5.74, 6) is -0.855. The topological polar surface area (TPSA) is 69.6 Å². The van der Waals surface area contributed by atoms with Gasteiger partial charge in [0.25, 0.3) is 0 Å². The van der Waals surface area contributed by atoms with Crippen LogP contribution in [-0.4, -0.2) is 48.1 Å². The van der Waals surface area contributed by atoms with Crippen LogP contribution in [0.25, 0.3) is 0 Å². The number of carboxylic acid groups (broad SMARTS) is 1. The first kappa shape index (κ1) is 15.7. The van der Waals surface area contributed by atoms with E-state index in [4.69, 9.17) is 5.11 Å². The monoisotopic (exact) mass is 268 g/mol. The summed E-state index contributed by atoms with van der Waals surface area (Å²) in [5, 5.41) is 12.2. The van der Waals surface area contributed by atoms with E-state index in [1.54, 1.807) is 6.08 Å². The van der Waals surface area contributed by atoms with E-state index in [0.29, 0.717) is 0 Å². The third-order valence-corrected chi connectivity index (χ3v) is 3.83. The van der Waals surface area contributed by atoms with E-state index in [0.717, 1.165) is 25.9 Å². The third kappa shape index (κ3) is 4.06. The van der Waals surface area contributed by atoms with Crippen LogP contribution < -0.4 is 5.32 Å². The average Bonchev–Trinajstić information content (AvgIpc) is 2.38. The van der Waals surface area contributed by atoms with Crippen molar-refractivity contribution in [3.63, 3.8) is 0 Å². The first-order valence-corrected chi connectivity index (χ1v) is 6.72. The maximum atomic E-state index is 12.6. The Morgan fingerprint density at radius 2 is 2.21 bits per heavy atom. The highest BCUT2D eigenvalue weighted by Gasteiger charge is 2.39. The molecule has 1 amide bonds. The number of carbonyl (C=O) groups is 2. The largest absolute Gasteiger partial charge is 0.480 e. The second kappa shape index (κ2) is 6.70. The normalized spacial score (nSPS) is 19.8. The van der Waals surface area contributed by atoms with Gasteiger partial charge in [0.2, 0.25) is 5.91 Å². The fourth-order valence-electron chi connectivity index (χ4n) is 2.59. The van der Waals surface area contributed by atoms with Crippen molar-refractivity contribution in [1.29, 1.82) is 0 Å². The molecule has 2 N–H and O–H groups in total. The maximum absolute atomic E-state index is 12.6. The lowest BCUT2D eigenvalue weighted by Gasteiger charge is -2.39. The van der Waals surface area contributed by atoms with Gasteiger partial charge in [0.1, 0.15) is 6.54 Å². The molecule has 1 aliphatic heterocycles. The fourth-order valence-corrected chi connectivity index (χ4v) is 2.59. The van der Waals surface area contributed by atoms with Gasteiger partial charge in [-0.1, -0.05) is 19.9 Å². The zero-order chi connectivity index (χ0) is 14.5. The Morgan fingerprint density at radius 3 is 2.68 bits per heavy atom. The van der Waals surface area contributed by atoms with Crippen LogP contribution >= 0.6 is 0 Å². The molecule has 0 bridgehead atoms. The van der Waals surface area contributed by atoms with Crippen LogP contribution in [0.1, 0.15) is 26.7 Å². The number of nitrogens with zero attached hydrogens (tertiary/aromatic N) is 1. The Balaban J connectivity index is 2.79. The fraction of sp³-hybridized carbons (Fsp3) is 0.714. The lowest BCUT2D eigenvalue weighted by atomic mass is 9.74. The molecule has 1 rings (SSSR count). The van der Waals surface area contributed by atoms with E-state index < -0.39 is 11.4 Å².